The van der Waals surface area contributed by atoms with Gasteiger partial charge in [0, 0.05) is 12.6 Å². The molecule has 14 heavy (non-hydrogen) atoms. The van der Waals surface area contributed by atoms with E-state index in [9.17, 15) is 4.79 Å². The van der Waals surface area contributed by atoms with E-state index in [0.29, 0.717) is 6.04 Å². The van der Waals surface area contributed by atoms with Crippen LogP contribution < -0.4 is 0 Å². The lowest BCUT2D eigenvalue weighted by atomic mass is 10.2. The van der Waals surface area contributed by atoms with E-state index in [2.05, 4.69) is 6.92 Å². The molecule has 0 spiro atoms. The molecule has 1 amide bonds. The number of hydrogen-bond acceptors (Lipinski definition) is 2. The van der Waals surface area contributed by atoms with Crippen molar-refractivity contribution in [3.05, 3.63) is 0 Å². The van der Waals surface area contributed by atoms with Crippen LogP contribution in [-0.4, -0.2) is 34.7 Å². The molecule has 2 N–H and O–H groups in total. The van der Waals surface area contributed by atoms with Crippen LogP contribution in [0.5, 0.6) is 0 Å². The van der Waals surface area contributed by atoms with Gasteiger partial charge in [0.05, 0.1) is 0 Å². The number of carbonyl (C=O) groups excluding carboxylic acids is 1. The average Bonchev–Trinajstić information content (AvgIpc) is 2.30. The highest BCUT2D eigenvalue weighted by molar-refractivity contribution is 5.68. The number of rotatable bonds is 0. The fourth-order valence-electron chi connectivity index (χ4n) is 1.53. The maximum atomic E-state index is 11.6. The number of likely N-dealkylation sites (tertiary alicyclic amines) is 1. The van der Waals surface area contributed by atoms with Gasteiger partial charge in [0.1, 0.15) is 5.60 Å². The Labute approximate surface area is 85.5 Å². The molecular weight excluding hydrogens is 182 g/mol. The van der Waals surface area contributed by atoms with Crippen molar-refractivity contribution in [2.45, 2.75) is 52.2 Å². The summed E-state index contributed by atoms with van der Waals surface area (Å²) in [5, 5.41) is 0. The lowest BCUT2D eigenvalue weighted by molar-refractivity contribution is 0.0239. The van der Waals surface area contributed by atoms with Crippen molar-refractivity contribution in [3.63, 3.8) is 0 Å². The van der Waals surface area contributed by atoms with Crippen molar-refractivity contribution < 1.29 is 15.0 Å². The van der Waals surface area contributed by atoms with E-state index in [1.165, 1.54) is 0 Å². The van der Waals surface area contributed by atoms with Gasteiger partial charge in [0.15, 0.2) is 0 Å². The zero-order valence-corrected chi connectivity index (χ0v) is 9.46. The summed E-state index contributed by atoms with van der Waals surface area (Å²) in [5.74, 6) is 0. The monoisotopic (exact) mass is 203 g/mol. The van der Waals surface area contributed by atoms with E-state index in [1.807, 2.05) is 25.7 Å². The number of ether oxygens (including phenoxy) is 1. The van der Waals surface area contributed by atoms with Gasteiger partial charge < -0.3 is 15.1 Å². The van der Waals surface area contributed by atoms with Crippen molar-refractivity contribution in [1.82, 2.24) is 4.90 Å². The number of amides is 1. The van der Waals surface area contributed by atoms with E-state index >= 15 is 0 Å². The number of hydrogen-bond donors (Lipinski definition) is 0. The third-order valence-corrected chi connectivity index (χ3v) is 2.18. The Bertz CT molecular complexity index is 198. The summed E-state index contributed by atoms with van der Waals surface area (Å²) in [5.41, 5.74) is -0.376. The lowest BCUT2D eigenvalue weighted by Crippen LogP contribution is -2.38. The maximum absolute atomic E-state index is 11.6. The van der Waals surface area contributed by atoms with Crippen molar-refractivity contribution in [3.8, 4) is 0 Å². The molecule has 1 heterocycles. The third kappa shape index (κ3) is 3.54. The predicted octanol–water partition coefficient (Wildman–Crippen LogP) is 1.58. The van der Waals surface area contributed by atoms with Gasteiger partial charge >= 0.3 is 6.09 Å². The summed E-state index contributed by atoms with van der Waals surface area (Å²) in [4.78, 5) is 13.4. The molecule has 1 atom stereocenters. The first-order valence-electron chi connectivity index (χ1n) is 4.90. The van der Waals surface area contributed by atoms with Crippen LogP contribution in [0.2, 0.25) is 0 Å². The Kier molecular flexibility index (Phi) is 4.39. The standard InChI is InChI=1S/C10H19NO2.H2O/c1-8-6-5-7-11(8)9(12)13-10(2,3)4;/h8H,5-7H2,1-4H3;1H2. The quantitative estimate of drug-likeness (QED) is 0.600. The van der Waals surface area contributed by atoms with Crippen LogP contribution in [0.25, 0.3) is 0 Å². The van der Waals surface area contributed by atoms with Gasteiger partial charge in [-0.1, -0.05) is 0 Å². The SMILES string of the molecule is CC1CCCN1C(=O)OC(C)(C)C.O. The second-order valence-corrected chi connectivity index (χ2v) is 4.66. The summed E-state index contributed by atoms with van der Waals surface area (Å²) in [6, 6.07) is 0.342. The van der Waals surface area contributed by atoms with Gasteiger partial charge in [-0.05, 0) is 40.5 Å². The maximum Gasteiger partial charge on any atom is 0.410 e. The molecule has 0 bridgehead atoms. The Morgan fingerprint density at radius 1 is 1.43 bits per heavy atom. The Morgan fingerprint density at radius 3 is 2.36 bits per heavy atom. The van der Waals surface area contributed by atoms with Crippen molar-refractivity contribution in [2.75, 3.05) is 6.54 Å². The second-order valence-electron chi connectivity index (χ2n) is 4.66. The first-order valence-corrected chi connectivity index (χ1v) is 4.90. The van der Waals surface area contributed by atoms with E-state index < -0.39 is 0 Å². The molecule has 1 saturated heterocycles. The van der Waals surface area contributed by atoms with Crippen LogP contribution in [0.4, 0.5) is 4.79 Å². The molecule has 1 aliphatic rings. The molecule has 0 aromatic carbocycles. The van der Waals surface area contributed by atoms with Crippen LogP contribution in [0.3, 0.4) is 0 Å². The molecule has 4 heteroatoms. The van der Waals surface area contributed by atoms with E-state index in [4.69, 9.17) is 4.74 Å². The van der Waals surface area contributed by atoms with Crippen LogP contribution in [-0.2, 0) is 4.74 Å². The first-order chi connectivity index (χ1) is 5.90. The van der Waals surface area contributed by atoms with Crippen LogP contribution in [0.1, 0.15) is 40.5 Å². The summed E-state index contributed by atoms with van der Waals surface area (Å²) in [7, 11) is 0. The van der Waals surface area contributed by atoms with Gasteiger partial charge in [0.2, 0.25) is 0 Å². The molecular formula is C10H21NO3. The minimum Gasteiger partial charge on any atom is -0.444 e. The topological polar surface area (TPSA) is 61.0 Å². The summed E-state index contributed by atoms with van der Waals surface area (Å²) < 4.78 is 5.28. The molecule has 1 fully saturated rings. The first kappa shape index (κ1) is 13.2. The Balaban J connectivity index is 0.00000169. The molecule has 1 rings (SSSR count). The molecule has 0 aromatic rings. The molecule has 1 unspecified atom stereocenters. The third-order valence-electron chi connectivity index (χ3n) is 2.18. The normalized spacial score (nSPS) is 21.7. The minimum atomic E-state index is -0.376. The minimum absolute atomic E-state index is 0. The molecule has 4 nitrogen and oxygen atoms in total. The van der Waals surface area contributed by atoms with E-state index in [-0.39, 0.29) is 17.2 Å². The highest BCUT2D eigenvalue weighted by atomic mass is 16.6. The average molecular weight is 203 g/mol. The highest BCUT2D eigenvalue weighted by Gasteiger charge is 2.28. The summed E-state index contributed by atoms with van der Waals surface area (Å²) in [6.45, 7) is 8.59. The zero-order valence-electron chi connectivity index (χ0n) is 9.46. The molecule has 0 aliphatic carbocycles. The van der Waals surface area contributed by atoms with Gasteiger partial charge in [-0.2, -0.15) is 0 Å². The van der Waals surface area contributed by atoms with Crippen molar-refractivity contribution >= 4 is 6.09 Å². The fourth-order valence-corrected chi connectivity index (χ4v) is 1.53. The van der Waals surface area contributed by atoms with Gasteiger partial charge in [0.25, 0.3) is 0 Å². The van der Waals surface area contributed by atoms with Crippen LogP contribution in [0, 0.1) is 0 Å². The molecule has 0 aromatic heterocycles. The Morgan fingerprint density at radius 2 is 2.00 bits per heavy atom. The smallest absolute Gasteiger partial charge is 0.410 e. The zero-order chi connectivity index (χ0) is 10.1. The fraction of sp³-hybridized carbons (Fsp3) is 0.900. The highest BCUT2D eigenvalue weighted by Crippen LogP contribution is 2.19. The van der Waals surface area contributed by atoms with Crippen molar-refractivity contribution in [1.29, 1.82) is 0 Å². The molecule has 1 aliphatic heterocycles. The van der Waals surface area contributed by atoms with Gasteiger partial charge in [-0.25, -0.2) is 4.79 Å². The van der Waals surface area contributed by atoms with E-state index in [1.54, 1.807) is 0 Å². The van der Waals surface area contributed by atoms with Gasteiger partial charge in [-0.15, -0.1) is 0 Å². The van der Waals surface area contributed by atoms with Crippen LogP contribution >= 0.6 is 0 Å². The predicted molar refractivity (Wildman–Crippen MR) is 55.2 cm³/mol. The summed E-state index contributed by atoms with van der Waals surface area (Å²) in [6.07, 6.45) is 2.03. The number of carbonyl (C=O) groups is 1. The molecule has 84 valence electrons. The van der Waals surface area contributed by atoms with Crippen molar-refractivity contribution in [2.24, 2.45) is 0 Å². The van der Waals surface area contributed by atoms with E-state index in [0.717, 1.165) is 19.4 Å². The van der Waals surface area contributed by atoms with Crippen LogP contribution in [0.15, 0.2) is 0 Å². The molecule has 0 saturated carbocycles. The van der Waals surface area contributed by atoms with Gasteiger partial charge in [-0.3, -0.25) is 0 Å². The Hall–Kier alpha value is -0.770. The molecule has 0 radical (unpaired) electrons. The second kappa shape index (κ2) is 4.64. The summed E-state index contributed by atoms with van der Waals surface area (Å²) >= 11 is 0. The largest absolute Gasteiger partial charge is 0.444 e. The number of nitrogens with zero attached hydrogens (tertiary/aromatic N) is 1. The lowest BCUT2D eigenvalue weighted by Gasteiger charge is -2.26.